The third-order valence-electron chi connectivity index (χ3n) is 1.77. The van der Waals surface area contributed by atoms with Crippen molar-refractivity contribution in [2.75, 3.05) is 0 Å². The summed E-state index contributed by atoms with van der Waals surface area (Å²) in [4.78, 5) is 0. The Hall–Kier alpha value is 0.177. The first-order valence-electron chi connectivity index (χ1n) is 3.28. The summed E-state index contributed by atoms with van der Waals surface area (Å²) in [5.74, 6) is 0. The maximum absolute atomic E-state index is 3.43. The molecule has 1 heterocycles. The minimum Gasteiger partial charge on any atom is -0.311 e. The van der Waals surface area contributed by atoms with Crippen molar-refractivity contribution in [1.82, 2.24) is 5.32 Å². The van der Waals surface area contributed by atoms with E-state index >= 15 is 0 Å². The standard InChI is InChI=1S/C6H15NSi/c1-5-6(7-5)8(2,3)4/h5-7H,1-4H3/t5-,6?/m1/s1. The van der Waals surface area contributed by atoms with Crippen molar-refractivity contribution in [2.45, 2.75) is 38.3 Å². The van der Waals surface area contributed by atoms with Crippen LogP contribution in [0.2, 0.25) is 19.6 Å². The van der Waals surface area contributed by atoms with Gasteiger partial charge in [-0.3, -0.25) is 0 Å². The molecular formula is C6H15NSi. The summed E-state index contributed by atoms with van der Waals surface area (Å²) in [5, 5.41) is 3.43. The van der Waals surface area contributed by atoms with Crippen molar-refractivity contribution in [3.05, 3.63) is 0 Å². The Labute approximate surface area is 52.5 Å². The summed E-state index contributed by atoms with van der Waals surface area (Å²) in [6.45, 7) is 9.50. The predicted octanol–water partition coefficient (Wildman–Crippen LogP) is 1.22. The first-order valence-corrected chi connectivity index (χ1v) is 6.85. The van der Waals surface area contributed by atoms with Gasteiger partial charge >= 0.3 is 0 Å². The van der Waals surface area contributed by atoms with Gasteiger partial charge in [-0.1, -0.05) is 19.6 Å². The van der Waals surface area contributed by atoms with E-state index in [0.717, 1.165) is 11.7 Å². The number of rotatable bonds is 1. The summed E-state index contributed by atoms with van der Waals surface area (Å²) in [6.07, 6.45) is 0. The van der Waals surface area contributed by atoms with Gasteiger partial charge in [0.15, 0.2) is 0 Å². The largest absolute Gasteiger partial charge is 0.311 e. The van der Waals surface area contributed by atoms with E-state index in [1.54, 1.807) is 0 Å². The van der Waals surface area contributed by atoms with Gasteiger partial charge in [0.05, 0.1) is 8.07 Å². The molecule has 0 saturated carbocycles. The molecule has 0 radical (unpaired) electrons. The molecule has 0 aromatic rings. The van der Waals surface area contributed by atoms with E-state index in [4.69, 9.17) is 0 Å². The second-order valence-electron chi connectivity index (χ2n) is 3.80. The summed E-state index contributed by atoms with van der Waals surface area (Å²) in [5.41, 5.74) is 0.905. The van der Waals surface area contributed by atoms with E-state index in [0.29, 0.717) is 0 Å². The zero-order valence-corrected chi connectivity index (χ0v) is 7.15. The topological polar surface area (TPSA) is 21.9 Å². The molecule has 1 saturated heterocycles. The van der Waals surface area contributed by atoms with Gasteiger partial charge in [-0.25, -0.2) is 0 Å². The summed E-state index contributed by atoms with van der Waals surface area (Å²) in [7, 11) is -0.798. The molecule has 48 valence electrons. The molecule has 1 unspecified atom stereocenters. The van der Waals surface area contributed by atoms with Crippen LogP contribution in [0.25, 0.3) is 0 Å². The Balaban J connectivity index is 2.39. The van der Waals surface area contributed by atoms with Crippen LogP contribution < -0.4 is 5.32 Å². The molecule has 1 aliphatic heterocycles. The number of nitrogens with one attached hydrogen (secondary N) is 1. The molecule has 0 aromatic carbocycles. The third kappa shape index (κ3) is 1.12. The second-order valence-corrected chi connectivity index (χ2v) is 9.15. The smallest absolute Gasteiger partial charge is 0.0655 e. The van der Waals surface area contributed by atoms with E-state index in [9.17, 15) is 0 Å². The second kappa shape index (κ2) is 1.58. The monoisotopic (exact) mass is 129 g/mol. The highest BCUT2D eigenvalue weighted by atomic mass is 28.3. The van der Waals surface area contributed by atoms with E-state index in [1.807, 2.05) is 0 Å². The number of hydrogen-bond acceptors (Lipinski definition) is 1. The minimum atomic E-state index is -0.798. The molecule has 2 atom stereocenters. The molecule has 0 aromatic heterocycles. The Bertz CT molecular complexity index is 95.2. The molecule has 0 spiro atoms. The van der Waals surface area contributed by atoms with Crippen LogP contribution in [0, 0.1) is 0 Å². The Morgan fingerprint density at radius 3 is 1.62 bits per heavy atom. The van der Waals surface area contributed by atoms with Crippen LogP contribution in [0.15, 0.2) is 0 Å². The van der Waals surface area contributed by atoms with Crippen LogP contribution in [0.4, 0.5) is 0 Å². The Morgan fingerprint density at radius 1 is 1.25 bits per heavy atom. The van der Waals surface area contributed by atoms with Crippen molar-refractivity contribution in [3.63, 3.8) is 0 Å². The molecule has 1 aliphatic rings. The lowest BCUT2D eigenvalue weighted by molar-refractivity contribution is 1.09. The van der Waals surface area contributed by atoms with Crippen LogP contribution in [0.5, 0.6) is 0 Å². The predicted molar refractivity (Wildman–Crippen MR) is 39.7 cm³/mol. The van der Waals surface area contributed by atoms with Crippen LogP contribution >= 0.6 is 0 Å². The van der Waals surface area contributed by atoms with E-state index in [-0.39, 0.29) is 0 Å². The van der Waals surface area contributed by atoms with Gasteiger partial charge in [-0.05, 0) is 6.92 Å². The lowest BCUT2D eigenvalue weighted by Gasteiger charge is -2.11. The number of hydrogen-bond donors (Lipinski definition) is 1. The molecule has 2 heteroatoms. The van der Waals surface area contributed by atoms with Crippen LogP contribution in [0.3, 0.4) is 0 Å². The normalized spacial score (nSPS) is 37.5. The maximum atomic E-state index is 3.43. The summed E-state index contributed by atoms with van der Waals surface area (Å²) >= 11 is 0. The third-order valence-corrected chi connectivity index (χ3v) is 4.30. The fraction of sp³-hybridized carbons (Fsp3) is 1.00. The zero-order chi connectivity index (χ0) is 6.36. The van der Waals surface area contributed by atoms with Crippen molar-refractivity contribution in [2.24, 2.45) is 0 Å². The first-order chi connectivity index (χ1) is 3.52. The highest BCUT2D eigenvalue weighted by molar-refractivity contribution is 6.78. The molecule has 8 heavy (non-hydrogen) atoms. The molecular weight excluding hydrogens is 114 g/mol. The average Bonchev–Trinajstić information content (AvgIpc) is 2.13. The van der Waals surface area contributed by atoms with Crippen molar-refractivity contribution in [1.29, 1.82) is 0 Å². The summed E-state index contributed by atoms with van der Waals surface area (Å²) in [6, 6.07) is 0.821. The first kappa shape index (κ1) is 6.30. The van der Waals surface area contributed by atoms with E-state index in [1.165, 1.54) is 0 Å². The van der Waals surface area contributed by atoms with Crippen molar-refractivity contribution >= 4 is 8.07 Å². The molecule has 1 nitrogen and oxygen atoms in total. The van der Waals surface area contributed by atoms with E-state index in [2.05, 4.69) is 31.9 Å². The highest BCUT2D eigenvalue weighted by Gasteiger charge is 2.42. The lowest BCUT2D eigenvalue weighted by Crippen LogP contribution is -2.31. The average molecular weight is 129 g/mol. The molecule has 0 aliphatic carbocycles. The van der Waals surface area contributed by atoms with Gasteiger partial charge < -0.3 is 5.32 Å². The van der Waals surface area contributed by atoms with Gasteiger partial charge in [0.2, 0.25) is 0 Å². The van der Waals surface area contributed by atoms with Crippen LogP contribution in [-0.4, -0.2) is 19.8 Å². The fourth-order valence-electron chi connectivity index (χ4n) is 1.23. The quantitative estimate of drug-likeness (QED) is 0.417. The molecule has 1 rings (SSSR count). The van der Waals surface area contributed by atoms with Crippen LogP contribution in [0.1, 0.15) is 6.92 Å². The fourth-order valence-corrected chi connectivity index (χ4v) is 3.49. The molecule has 1 N–H and O–H groups in total. The molecule has 0 amide bonds. The van der Waals surface area contributed by atoms with Crippen LogP contribution in [-0.2, 0) is 0 Å². The van der Waals surface area contributed by atoms with Crippen molar-refractivity contribution < 1.29 is 0 Å². The van der Waals surface area contributed by atoms with E-state index < -0.39 is 8.07 Å². The van der Waals surface area contributed by atoms with Gasteiger partial charge in [-0.15, -0.1) is 0 Å². The van der Waals surface area contributed by atoms with Gasteiger partial charge in [-0.2, -0.15) is 0 Å². The summed E-state index contributed by atoms with van der Waals surface area (Å²) < 4.78 is 0. The lowest BCUT2D eigenvalue weighted by atomic mass is 10.6. The molecule has 1 fully saturated rings. The Kier molecular flexibility index (Phi) is 1.24. The SMILES string of the molecule is C[C@H]1NC1[Si](C)(C)C. The maximum Gasteiger partial charge on any atom is 0.0655 e. The molecule has 0 bridgehead atoms. The highest BCUT2D eigenvalue weighted by Crippen LogP contribution is 2.21. The van der Waals surface area contributed by atoms with Gasteiger partial charge in [0, 0.05) is 11.7 Å². The van der Waals surface area contributed by atoms with Crippen molar-refractivity contribution in [3.8, 4) is 0 Å². The zero-order valence-electron chi connectivity index (χ0n) is 6.15. The van der Waals surface area contributed by atoms with Gasteiger partial charge in [0.1, 0.15) is 0 Å². The van der Waals surface area contributed by atoms with Gasteiger partial charge in [0.25, 0.3) is 0 Å². The minimum absolute atomic E-state index is 0.798. The Morgan fingerprint density at radius 2 is 1.62 bits per heavy atom.